The molecule has 0 spiro atoms. The number of carbonyl (C=O) groups is 2. The number of unbranched alkanes of at least 4 members (excludes halogenated alkanes) is 1. The van der Waals surface area contributed by atoms with Gasteiger partial charge in [0.15, 0.2) is 0 Å². The van der Waals surface area contributed by atoms with Crippen LogP contribution in [-0.4, -0.2) is 182 Å². The zero-order valence-corrected chi connectivity index (χ0v) is 29.5. The highest BCUT2D eigenvalue weighted by molar-refractivity contribution is 5.69. The summed E-state index contributed by atoms with van der Waals surface area (Å²) in [5, 5.41) is 11.9. The van der Waals surface area contributed by atoms with Crippen molar-refractivity contribution >= 4 is 11.9 Å². The van der Waals surface area contributed by atoms with Crippen LogP contribution in [-0.2, 0) is 66.4 Å². The van der Waals surface area contributed by atoms with Gasteiger partial charge in [0, 0.05) is 12.8 Å². The first-order valence-electron chi connectivity index (χ1n) is 17.7. The Hall–Kier alpha value is -1.54. The third-order valence-electron chi connectivity index (χ3n) is 6.73. The average molecular weight is 714 g/mol. The lowest BCUT2D eigenvalue weighted by Crippen LogP contribution is -2.33. The molecule has 0 radical (unpaired) electrons. The van der Waals surface area contributed by atoms with Crippen LogP contribution in [0.1, 0.15) is 38.5 Å². The van der Waals surface area contributed by atoms with Crippen molar-refractivity contribution in [3.05, 3.63) is 0 Å². The molecule has 2 N–H and O–H groups in total. The molecule has 0 atom stereocenters. The molecule has 1 rings (SSSR count). The fourth-order valence-electron chi connectivity index (χ4n) is 4.15. The van der Waals surface area contributed by atoms with Gasteiger partial charge in [-0.25, -0.2) is 0 Å². The molecule has 290 valence electrons. The van der Waals surface area contributed by atoms with Crippen LogP contribution in [0.15, 0.2) is 0 Å². The average Bonchev–Trinajstić information content (AvgIpc) is 3.10. The van der Waals surface area contributed by atoms with E-state index in [-0.39, 0.29) is 32.0 Å². The molecule has 0 aromatic carbocycles. The number of carbonyl (C=O) groups excluding carboxylic acids is 1. The molecular formula is C33H63NO15. The molecule has 0 aromatic heterocycles. The molecule has 0 aromatic rings. The first kappa shape index (κ1) is 45.5. The van der Waals surface area contributed by atoms with E-state index in [1.165, 1.54) is 0 Å². The number of ether oxygens (including phenoxy) is 12. The third-order valence-corrected chi connectivity index (χ3v) is 6.73. The molecule has 0 aliphatic carbocycles. The molecule has 16 nitrogen and oxygen atoms in total. The van der Waals surface area contributed by atoms with Crippen LogP contribution in [0.4, 0.5) is 0 Å². The van der Waals surface area contributed by atoms with E-state index < -0.39 is 5.97 Å². The molecule has 1 saturated heterocycles. The number of hydrogen-bond donors (Lipinski definition) is 2. The summed E-state index contributed by atoms with van der Waals surface area (Å²) in [5.41, 5.74) is 0. The highest BCUT2D eigenvalue weighted by Crippen LogP contribution is 2.06. The number of piperidine rings is 1. The third kappa shape index (κ3) is 36.1. The maximum Gasteiger partial charge on any atom is 0.305 e. The summed E-state index contributed by atoms with van der Waals surface area (Å²) in [6.07, 6.45) is 3.75. The fourth-order valence-corrected chi connectivity index (χ4v) is 4.15. The standard InChI is InChI=1S/C33H63NO15/c35-32(36)3-1-2-4-33(37)49-30-28-47-26-24-45-22-20-43-18-16-41-14-12-39-10-9-38-11-13-40-15-17-42-19-21-44-23-25-46-27-29-48-31-5-7-34-8-6-31/h31,34H,1-30H2,(H,35,36). The van der Waals surface area contributed by atoms with Crippen LogP contribution in [0.3, 0.4) is 0 Å². The van der Waals surface area contributed by atoms with E-state index >= 15 is 0 Å². The summed E-state index contributed by atoms with van der Waals surface area (Å²) in [4.78, 5) is 21.9. The van der Waals surface area contributed by atoms with Crippen LogP contribution in [0, 0.1) is 0 Å². The van der Waals surface area contributed by atoms with Crippen molar-refractivity contribution in [1.29, 1.82) is 0 Å². The Labute approximate surface area is 291 Å². The van der Waals surface area contributed by atoms with E-state index in [9.17, 15) is 9.59 Å². The summed E-state index contributed by atoms with van der Waals surface area (Å²) < 4.78 is 65.4. The number of carboxylic acids is 1. The second-order valence-electron chi connectivity index (χ2n) is 10.8. The summed E-state index contributed by atoms with van der Waals surface area (Å²) >= 11 is 0. The van der Waals surface area contributed by atoms with Gasteiger partial charge in [0.2, 0.25) is 0 Å². The van der Waals surface area contributed by atoms with E-state index in [0.717, 1.165) is 25.9 Å². The molecule has 1 fully saturated rings. The zero-order chi connectivity index (χ0) is 35.1. The molecule has 1 heterocycles. The van der Waals surface area contributed by atoms with Crippen molar-refractivity contribution in [2.24, 2.45) is 0 Å². The lowest BCUT2D eigenvalue weighted by atomic mass is 10.1. The zero-order valence-electron chi connectivity index (χ0n) is 29.5. The molecule has 49 heavy (non-hydrogen) atoms. The number of carboxylic acid groups (broad SMARTS) is 1. The molecule has 0 unspecified atom stereocenters. The molecule has 0 saturated carbocycles. The minimum absolute atomic E-state index is 0.0605. The normalized spacial score (nSPS) is 13.6. The number of esters is 1. The van der Waals surface area contributed by atoms with Gasteiger partial charge >= 0.3 is 11.9 Å². The van der Waals surface area contributed by atoms with Gasteiger partial charge in [0.05, 0.1) is 145 Å². The van der Waals surface area contributed by atoms with Crippen molar-refractivity contribution in [3.8, 4) is 0 Å². The van der Waals surface area contributed by atoms with Gasteiger partial charge in [-0.15, -0.1) is 0 Å². The molecule has 1 aliphatic heterocycles. The van der Waals surface area contributed by atoms with Crippen molar-refractivity contribution in [3.63, 3.8) is 0 Å². The van der Waals surface area contributed by atoms with Crippen molar-refractivity contribution in [2.45, 2.75) is 44.6 Å². The topological polar surface area (TPSA) is 177 Å². The Morgan fingerprint density at radius 1 is 0.449 bits per heavy atom. The van der Waals surface area contributed by atoms with Gasteiger partial charge in [0.1, 0.15) is 6.61 Å². The van der Waals surface area contributed by atoms with Crippen LogP contribution in [0.5, 0.6) is 0 Å². The van der Waals surface area contributed by atoms with E-state index in [2.05, 4.69) is 5.32 Å². The lowest BCUT2D eigenvalue weighted by Gasteiger charge is -2.22. The van der Waals surface area contributed by atoms with Crippen LogP contribution >= 0.6 is 0 Å². The first-order chi connectivity index (χ1) is 24.2. The second-order valence-corrected chi connectivity index (χ2v) is 10.8. The Morgan fingerprint density at radius 2 is 0.755 bits per heavy atom. The highest BCUT2D eigenvalue weighted by atomic mass is 16.6. The molecule has 1 aliphatic rings. The van der Waals surface area contributed by atoms with E-state index in [1.807, 2.05) is 0 Å². The van der Waals surface area contributed by atoms with E-state index in [0.29, 0.717) is 151 Å². The number of hydrogen-bond acceptors (Lipinski definition) is 15. The van der Waals surface area contributed by atoms with Gasteiger partial charge in [-0.3, -0.25) is 9.59 Å². The molecular weight excluding hydrogens is 650 g/mol. The Balaban J connectivity index is 1.62. The molecule has 0 bridgehead atoms. The quantitative estimate of drug-likeness (QED) is 0.0684. The minimum Gasteiger partial charge on any atom is -0.481 e. The van der Waals surface area contributed by atoms with Gasteiger partial charge in [-0.1, -0.05) is 0 Å². The van der Waals surface area contributed by atoms with E-state index in [1.54, 1.807) is 0 Å². The Morgan fingerprint density at radius 3 is 1.10 bits per heavy atom. The second kappa shape index (κ2) is 37.7. The predicted octanol–water partition coefficient (Wildman–Crippen LogP) is 1.11. The van der Waals surface area contributed by atoms with Crippen LogP contribution in [0.2, 0.25) is 0 Å². The SMILES string of the molecule is O=C(O)CCCCC(=O)OCCOCCOCCOCCOCCOCCOCCOCCOCCOCCOCCOC1CCNCC1. The van der Waals surface area contributed by atoms with Crippen LogP contribution in [0.25, 0.3) is 0 Å². The maximum atomic E-state index is 11.5. The van der Waals surface area contributed by atoms with Crippen LogP contribution < -0.4 is 5.32 Å². The lowest BCUT2D eigenvalue weighted by molar-refractivity contribution is -0.146. The first-order valence-corrected chi connectivity index (χ1v) is 17.7. The fraction of sp³-hybridized carbons (Fsp3) is 0.939. The summed E-state index contributed by atoms with van der Waals surface area (Å²) in [6.45, 7) is 12.5. The van der Waals surface area contributed by atoms with Crippen molar-refractivity contribution in [1.82, 2.24) is 5.32 Å². The smallest absolute Gasteiger partial charge is 0.305 e. The van der Waals surface area contributed by atoms with Gasteiger partial charge in [-0.2, -0.15) is 0 Å². The van der Waals surface area contributed by atoms with Crippen molar-refractivity contribution < 1.29 is 71.5 Å². The Bertz CT molecular complexity index is 716. The van der Waals surface area contributed by atoms with E-state index in [4.69, 9.17) is 61.9 Å². The monoisotopic (exact) mass is 713 g/mol. The number of nitrogens with one attached hydrogen (secondary N) is 1. The maximum absolute atomic E-state index is 11.5. The molecule has 16 heteroatoms. The minimum atomic E-state index is -0.862. The van der Waals surface area contributed by atoms with Gasteiger partial charge < -0.3 is 67.3 Å². The number of aliphatic carboxylic acids is 1. The number of rotatable bonds is 39. The predicted molar refractivity (Wildman–Crippen MR) is 177 cm³/mol. The van der Waals surface area contributed by atoms with Gasteiger partial charge in [-0.05, 0) is 38.8 Å². The summed E-state index contributed by atoms with van der Waals surface area (Å²) in [6, 6.07) is 0. The van der Waals surface area contributed by atoms with Crippen molar-refractivity contribution in [2.75, 3.05) is 158 Å². The largest absolute Gasteiger partial charge is 0.481 e. The Kier molecular flexibility index (Phi) is 35.0. The van der Waals surface area contributed by atoms with Gasteiger partial charge in [0.25, 0.3) is 0 Å². The summed E-state index contributed by atoms with van der Waals surface area (Å²) in [7, 11) is 0. The molecule has 0 amide bonds. The summed E-state index contributed by atoms with van der Waals surface area (Å²) in [5.74, 6) is -1.21. The highest BCUT2D eigenvalue weighted by Gasteiger charge is 2.12.